The van der Waals surface area contributed by atoms with Gasteiger partial charge < -0.3 is 0 Å². The van der Waals surface area contributed by atoms with E-state index >= 15 is 0 Å². The molecule has 2 nitrogen and oxygen atoms in total. The third-order valence-electron chi connectivity index (χ3n) is 4.84. The average molecular weight is 391 g/mol. The Morgan fingerprint density at radius 1 is 0.552 bits per heavy atom. The summed E-state index contributed by atoms with van der Waals surface area (Å²) < 4.78 is 1.32. The van der Waals surface area contributed by atoms with Gasteiger partial charge in [-0.05, 0) is 41.1 Å². The van der Waals surface area contributed by atoms with Crippen LogP contribution in [0.3, 0.4) is 0 Å². The minimum atomic E-state index is 1.05. The summed E-state index contributed by atoms with van der Waals surface area (Å²) in [7, 11) is 0. The molecule has 0 saturated carbocycles. The molecule has 0 aliphatic heterocycles. The third-order valence-corrected chi connectivity index (χ3v) is 5.98. The summed E-state index contributed by atoms with van der Waals surface area (Å²) in [4.78, 5) is 10.00. The molecule has 0 aliphatic carbocycles. The summed E-state index contributed by atoms with van der Waals surface area (Å²) in [6.07, 6.45) is 3.68. The zero-order chi connectivity index (χ0) is 19.5. The molecule has 0 bridgehead atoms. The van der Waals surface area contributed by atoms with Crippen LogP contribution in [0.5, 0.6) is 0 Å². The van der Waals surface area contributed by atoms with E-state index in [0.29, 0.717) is 0 Å². The number of hydrogen-bond donors (Lipinski definition) is 0. The molecule has 29 heavy (non-hydrogen) atoms. The minimum Gasteiger partial charge on any atom is -0.256 e. The molecule has 3 aromatic carbocycles. The summed E-state index contributed by atoms with van der Waals surface area (Å²) >= 11 is 1.79. The average Bonchev–Trinajstić information content (AvgIpc) is 3.24. The molecule has 3 aromatic heterocycles. The summed E-state index contributed by atoms with van der Waals surface area (Å²) in [5, 5.41) is 4.97. The van der Waals surface area contributed by atoms with Gasteiger partial charge in [0.25, 0.3) is 0 Å². The number of aromatic nitrogens is 2. The topological polar surface area (TPSA) is 25.8 Å². The predicted molar refractivity (Wildman–Crippen MR) is 124 cm³/mol. The van der Waals surface area contributed by atoms with E-state index in [4.69, 9.17) is 0 Å². The predicted octanol–water partition coefficient (Wildman–Crippen LogP) is 7.35. The van der Waals surface area contributed by atoms with Crippen molar-refractivity contribution in [2.24, 2.45) is 0 Å². The SMILES string of the molecule is c1ccc(-c2cc3ccccc3s2)nc1.c1ccc2c(c1)ccc1cccnc12. The molecule has 138 valence electrons. The highest BCUT2D eigenvalue weighted by molar-refractivity contribution is 7.22. The Kier molecular flexibility index (Phi) is 4.73. The van der Waals surface area contributed by atoms with E-state index in [1.54, 1.807) is 11.3 Å². The second-order valence-corrected chi connectivity index (χ2v) is 7.81. The van der Waals surface area contributed by atoms with E-state index in [2.05, 4.69) is 82.8 Å². The molecule has 6 rings (SSSR count). The number of hydrogen-bond acceptors (Lipinski definition) is 3. The van der Waals surface area contributed by atoms with E-state index in [9.17, 15) is 0 Å². The van der Waals surface area contributed by atoms with Crippen molar-refractivity contribution in [2.75, 3.05) is 0 Å². The van der Waals surface area contributed by atoms with Crippen LogP contribution in [-0.4, -0.2) is 9.97 Å². The van der Waals surface area contributed by atoms with E-state index < -0.39 is 0 Å². The maximum atomic E-state index is 4.41. The highest BCUT2D eigenvalue weighted by Crippen LogP contribution is 2.31. The Hall–Kier alpha value is -3.56. The van der Waals surface area contributed by atoms with E-state index in [1.165, 1.54) is 31.1 Å². The van der Waals surface area contributed by atoms with Gasteiger partial charge in [-0.25, -0.2) is 0 Å². The maximum Gasteiger partial charge on any atom is 0.0802 e. The monoisotopic (exact) mass is 390 g/mol. The molecule has 0 N–H and O–H groups in total. The van der Waals surface area contributed by atoms with Crippen LogP contribution < -0.4 is 0 Å². The standard InChI is InChI=1S/C13H9NS.C13H9N/c1-2-7-12-10(5-1)9-13(15-12)11-6-3-4-8-14-11;1-2-6-12-10(4-1)7-8-11-5-3-9-14-13(11)12/h1-9H;1-9H. The lowest BCUT2D eigenvalue weighted by Crippen LogP contribution is -1.79. The number of fused-ring (bicyclic) bond motifs is 4. The smallest absolute Gasteiger partial charge is 0.0802 e. The molecule has 0 amide bonds. The molecule has 0 unspecified atom stereocenters. The fourth-order valence-electron chi connectivity index (χ4n) is 3.43. The van der Waals surface area contributed by atoms with Crippen LogP contribution in [0.4, 0.5) is 0 Å². The molecular formula is C26H18N2S. The van der Waals surface area contributed by atoms with E-state index in [1.807, 2.05) is 36.7 Å². The van der Waals surface area contributed by atoms with Crippen LogP contribution in [0.1, 0.15) is 0 Å². The lowest BCUT2D eigenvalue weighted by atomic mass is 10.1. The molecule has 3 heterocycles. The normalized spacial score (nSPS) is 10.8. The number of nitrogens with zero attached hydrogens (tertiary/aromatic N) is 2. The molecule has 0 atom stereocenters. The number of thiophene rings is 1. The molecule has 0 fully saturated rings. The molecule has 6 aromatic rings. The first-order chi connectivity index (χ1) is 14.4. The van der Waals surface area contributed by atoms with Crippen LogP contribution in [0.15, 0.2) is 109 Å². The molecule has 0 spiro atoms. The molecular weight excluding hydrogens is 372 g/mol. The van der Waals surface area contributed by atoms with Gasteiger partial charge in [-0.1, -0.05) is 66.7 Å². The first kappa shape index (κ1) is 17.5. The largest absolute Gasteiger partial charge is 0.256 e. The van der Waals surface area contributed by atoms with E-state index in [-0.39, 0.29) is 0 Å². The van der Waals surface area contributed by atoms with Gasteiger partial charge in [0.05, 0.1) is 16.1 Å². The summed E-state index contributed by atoms with van der Waals surface area (Å²) in [6, 6.07) is 33.3. The van der Waals surface area contributed by atoms with Crippen molar-refractivity contribution in [3.05, 3.63) is 109 Å². The summed E-state index contributed by atoms with van der Waals surface area (Å²) in [5.74, 6) is 0. The van der Waals surface area contributed by atoms with Crippen molar-refractivity contribution in [1.82, 2.24) is 9.97 Å². The van der Waals surface area contributed by atoms with Gasteiger partial charge in [0.2, 0.25) is 0 Å². The zero-order valence-electron chi connectivity index (χ0n) is 15.7. The van der Waals surface area contributed by atoms with Crippen molar-refractivity contribution in [2.45, 2.75) is 0 Å². The van der Waals surface area contributed by atoms with Crippen LogP contribution in [0.2, 0.25) is 0 Å². The van der Waals surface area contributed by atoms with E-state index in [0.717, 1.165) is 11.2 Å². The lowest BCUT2D eigenvalue weighted by molar-refractivity contribution is 1.34. The molecule has 3 heteroatoms. The quantitative estimate of drug-likeness (QED) is 0.274. The van der Waals surface area contributed by atoms with Gasteiger partial charge in [-0.2, -0.15) is 0 Å². The maximum absolute atomic E-state index is 4.41. The van der Waals surface area contributed by atoms with Gasteiger partial charge in [-0.3, -0.25) is 9.97 Å². The Morgan fingerprint density at radius 2 is 1.28 bits per heavy atom. The van der Waals surface area contributed by atoms with Crippen molar-refractivity contribution in [3.63, 3.8) is 0 Å². The fourth-order valence-corrected chi connectivity index (χ4v) is 4.47. The van der Waals surface area contributed by atoms with Crippen LogP contribution in [-0.2, 0) is 0 Å². The summed E-state index contributed by atoms with van der Waals surface area (Å²) in [6.45, 7) is 0. The Morgan fingerprint density at radius 3 is 2.14 bits per heavy atom. The molecule has 0 aliphatic rings. The number of rotatable bonds is 1. The Bertz CT molecular complexity index is 1320. The van der Waals surface area contributed by atoms with Gasteiger partial charge in [0, 0.05) is 27.9 Å². The first-order valence-corrected chi connectivity index (χ1v) is 10.3. The summed E-state index contributed by atoms with van der Waals surface area (Å²) in [5.41, 5.74) is 2.14. The van der Waals surface area contributed by atoms with Crippen LogP contribution in [0.25, 0.3) is 42.3 Å². The Balaban J connectivity index is 0.000000125. The third kappa shape index (κ3) is 3.60. The second-order valence-electron chi connectivity index (χ2n) is 6.73. The van der Waals surface area contributed by atoms with Crippen LogP contribution in [0, 0.1) is 0 Å². The highest BCUT2D eigenvalue weighted by atomic mass is 32.1. The molecule has 0 saturated heterocycles. The highest BCUT2D eigenvalue weighted by Gasteiger charge is 2.03. The fraction of sp³-hybridized carbons (Fsp3) is 0. The van der Waals surface area contributed by atoms with Gasteiger partial charge >= 0.3 is 0 Å². The van der Waals surface area contributed by atoms with Crippen LogP contribution >= 0.6 is 11.3 Å². The zero-order valence-corrected chi connectivity index (χ0v) is 16.5. The van der Waals surface area contributed by atoms with Crippen molar-refractivity contribution < 1.29 is 0 Å². The van der Waals surface area contributed by atoms with Crippen molar-refractivity contribution >= 4 is 43.1 Å². The van der Waals surface area contributed by atoms with Crippen molar-refractivity contribution in [3.8, 4) is 10.6 Å². The Labute approximate surface area is 173 Å². The lowest BCUT2D eigenvalue weighted by Gasteiger charge is -2.01. The molecule has 0 radical (unpaired) electrons. The van der Waals surface area contributed by atoms with Gasteiger partial charge in [0.15, 0.2) is 0 Å². The number of benzene rings is 3. The van der Waals surface area contributed by atoms with Crippen molar-refractivity contribution in [1.29, 1.82) is 0 Å². The minimum absolute atomic E-state index is 1.05. The van der Waals surface area contributed by atoms with Gasteiger partial charge in [0.1, 0.15) is 0 Å². The number of pyridine rings is 2. The van der Waals surface area contributed by atoms with Gasteiger partial charge in [-0.15, -0.1) is 11.3 Å². The second kappa shape index (κ2) is 7.82. The first-order valence-electron chi connectivity index (χ1n) is 9.51.